The Bertz CT molecular complexity index is 1180. The largest absolute Gasteiger partial charge is 0.416 e. The van der Waals surface area contributed by atoms with Gasteiger partial charge in [-0.3, -0.25) is 4.98 Å². The zero-order valence-electron chi connectivity index (χ0n) is 22.6. The van der Waals surface area contributed by atoms with Gasteiger partial charge in [0.1, 0.15) is 5.82 Å². The molecule has 200 valence electrons. The quantitative estimate of drug-likeness (QED) is 0.395. The van der Waals surface area contributed by atoms with Gasteiger partial charge < -0.3 is 10.6 Å². The SMILES string of the molecule is C\C=C/C(=C\C(=C\CC)C(F)(F)F)C(/C=C1/CCCCN1C)=C(C)CC.Nc1nccc2ccncc12. The Kier molecular flexibility index (Phi) is 11.6. The Labute approximate surface area is 219 Å². The van der Waals surface area contributed by atoms with E-state index in [-0.39, 0.29) is 0 Å². The van der Waals surface area contributed by atoms with E-state index in [2.05, 4.69) is 28.0 Å². The maximum atomic E-state index is 13.4. The van der Waals surface area contributed by atoms with Crippen molar-refractivity contribution in [3.8, 4) is 0 Å². The first-order valence-electron chi connectivity index (χ1n) is 12.8. The lowest BCUT2D eigenvalue weighted by Crippen LogP contribution is -2.23. The average molecular weight is 513 g/mol. The van der Waals surface area contributed by atoms with Crippen LogP contribution in [0.1, 0.15) is 59.8 Å². The third kappa shape index (κ3) is 8.92. The summed E-state index contributed by atoms with van der Waals surface area (Å²) in [6, 6.07) is 3.82. The van der Waals surface area contributed by atoms with Crippen LogP contribution in [0, 0.1) is 0 Å². The highest BCUT2D eigenvalue weighted by atomic mass is 19.4. The van der Waals surface area contributed by atoms with Gasteiger partial charge in [0.2, 0.25) is 0 Å². The smallest absolute Gasteiger partial charge is 0.383 e. The molecular weight excluding hydrogens is 473 g/mol. The van der Waals surface area contributed by atoms with Crippen LogP contribution in [-0.2, 0) is 0 Å². The molecule has 1 aliphatic rings. The van der Waals surface area contributed by atoms with Crippen molar-refractivity contribution >= 4 is 16.6 Å². The van der Waals surface area contributed by atoms with Crippen LogP contribution in [0.3, 0.4) is 0 Å². The van der Waals surface area contributed by atoms with E-state index < -0.39 is 11.7 Å². The number of nitrogens with two attached hydrogens (primary N) is 1. The van der Waals surface area contributed by atoms with Crippen LogP contribution in [0.2, 0.25) is 0 Å². The molecule has 2 N–H and O–H groups in total. The minimum absolute atomic E-state index is 0.351. The number of likely N-dealkylation sites (tertiary alicyclic amines) is 1. The molecule has 0 aliphatic carbocycles. The summed E-state index contributed by atoms with van der Waals surface area (Å²) in [6.45, 7) is 8.60. The highest BCUT2D eigenvalue weighted by molar-refractivity contribution is 5.89. The number of hydrogen-bond donors (Lipinski definition) is 1. The van der Waals surface area contributed by atoms with Crippen LogP contribution in [0.25, 0.3) is 10.8 Å². The van der Waals surface area contributed by atoms with Crippen molar-refractivity contribution in [2.45, 2.75) is 66.0 Å². The van der Waals surface area contributed by atoms with Gasteiger partial charge in [0.25, 0.3) is 0 Å². The second-order valence-corrected chi connectivity index (χ2v) is 9.02. The fraction of sp³-hybridized carbons (Fsp3) is 0.400. The molecule has 4 nitrogen and oxygen atoms in total. The molecule has 2 aromatic heterocycles. The monoisotopic (exact) mass is 512 g/mol. The van der Waals surface area contributed by atoms with Gasteiger partial charge in [0.05, 0.1) is 5.57 Å². The van der Waals surface area contributed by atoms with Gasteiger partial charge in [-0.05, 0) is 86.8 Å². The second-order valence-electron chi connectivity index (χ2n) is 9.02. The summed E-state index contributed by atoms with van der Waals surface area (Å²) in [5.41, 5.74) is 8.84. The lowest BCUT2D eigenvalue weighted by molar-refractivity contribution is -0.0884. The van der Waals surface area contributed by atoms with Crippen molar-refractivity contribution in [2.24, 2.45) is 0 Å². The van der Waals surface area contributed by atoms with E-state index in [1.165, 1.54) is 17.8 Å². The van der Waals surface area contributed by atoms with Crippen LogP contribution in [0.15, 0.2) is 89.1 Å². The van der Waals surface area contributed by atoms with Gasteiger partial charge in [-0.1, -0.05) is 37.6 Å². The highest BCUT2D eigenvalue weighted by Crippen LogP contribution is 2.32. The molecule has 0 atom stereocenters. The number of pyridine rings is 2. The number of rotatable bonds is 6. The third-order valence-corrected chi connectivity index (χ3v) is 6.29. The van der Waals surface area contributed by atoms with E-state index in [0.717, 1.165) is 54.1 Å². The van der Waals surface area contributed by atoms with Crippen LogP contribution < -0.4 is 5.73 Å². The van der Waals surface area contributed by atoms with E-state index in [1.807, 2.05) is 32.9 Å². The number of nitrogen functional groups attached to an aromatic ring is 1. The summed E-state index contributed by atoms with van der Waals surface area (Å²) in [7, 11) is 2.06. The summed E-state index contributed by atoms with van der Waals surface area (Å²) in [5, 5.41) is 1.99. The number of allylic oxidation sites excluding steroid dienone is 10. The predicted octanol–water partition coefficient (Wildman–Crippen LogP) is 8.33. The molecule has 0 radical (unpaired) electrons. The van der Waals surface area contributed by atoms with Crippen LogP contribution in [0.4, 0.5) is 19.0 Å². The fourth-order valence-electron chi connectivity index (χ4n) is 4.05. The van der Waals surface area contributed by atoms with Crippen molar-refractivity contribution in [1.29, 1.82) is 0 Å². The van der Waals surface area contributed by atoms with Gasteiger partial charge in [-0.15, -0.1) is 0 Å². The average Bonchev–Trinajstić information content (AvgIpc) is 2.87. The van der Waals surface area contributed by atoms with E-state index in [4.69, 9.17) is 5.73 Å². The van der Waals surface area contributed by atoms with E-state index >= 15 is 0 Å². The normalized spacial score (nSPS) is 17.2. The first-order valence-corrected chi connectivity index (χ1v) is 12.8. The minimum Gasteiger partial charge on any atom is -0.383 e. The maximum Gasteiger partial charge on any atom is 0.416 e. The van der Waals surface area contributed by atoms with Crippen molar-refractivity contribution in [3.63, 3.8) is 0 Å². The number of hydrogen-bond acceptors (Lipinski definition) is 4. The van der Waals surface area contributed by atoms with Gasteiger partial charge in [0, 0.05) is 43.3 Å². The van der Waals surface area contributed by atoms with Gasteiger partial charge in [0.15, 0.2) is 0 Å². The number of piperidine rings is 1. The molecule has 0 unspecified atom stereocenters. The zero-order chi connectivity index (χ0) is 27.4. The number of halogens is 3. The molecule has 0 amide bonds. The molecule has 2 aromatic rings. The van der Waals surface area contributed by atoms with Crippen molar-refractivity contribution < 1.29 is 13.2 Å². The van der Waals surface area contributed by atoms with Gasteiger partial charge >= 0.3 is 6.18 Å². The molecule has 0 saturated carbocycles. The van der Waals surface area contributed by atoms with Crippen molar-refractivity contribution in [1.82, 2.24) is 14.9 Å². The molecule has 0 bridgehead atoms. The summed E-state index contributed by atoms with van der Waals surface area (Å²) in [6.07, 6.45) is 13.4. The zero-order valence-corrected chi connectivity index (χ0v) is 22.6. The number of nitrogens with zero attached hydrogens (tertiary/aromatic N) is 3. The summed E-state index contributed by atoms with van der Waals surface area (Å²) in [5.74, 6) is 0.538. The topological polar surface area (TPSA) is 55.0 Å². The lowest BCUT2D eigenvalue weighted by atomic mass is 9.93. The maximum absolute atomic E-state index is 13.4. The molecule has 1 aliphatic heterocycles. The number of anilines is 1. The summed E-state index contributed by atoms with van der Waals surface area (Å²) in [4.78, 5) is 10.1. The van der Waals surface area contributed by atoms with Crippen LogP contribution in [-0.4, -0.2) is 34.6 Å². The second kappa shape index (κ2) is 14.4. The molecule has 1 saturated heterocycles. The first-order chi connectivity index (χ1) is 17.6. The standard InChI is InChI=1S/C22H32F3N.C8H7N3/c1-6-11-18(15-19(12-7-2)22(23,24)25)21(17(4)8-3)16-20-13-9-10-14-26(20)5;9-8-7-5-10-3-1-6(7)2-4-11-8/h6,11-12,15-16H,7-10,13-14H2,1-5H3;1-5H,(H2,9,11)/b11-6-,18-15+,19-12-,20-16-,21-17?;. The van der Waals surface area contributed by atoms with Crippen molar-refractivity contribution in [3.05, 3.63) is 89.1 Å². The van der Waals surface area contributed by atoms with Crippen LogP contribution in [0.5, 0.6) is 0 Å². The minimum atomic E-state index is -4.34. The Morgan fingerprint density at radius 2 is 1.89 bits per heavy atom. The lowest BCUT2D eigenvalue weighted by Gasteiger charge is -2.28. The Morgan fingerprint density at radius 3 is 2.49 bits per heavy atom. The molecule has 3 heterocycles. The Balaban J connectivity index is 0.000000358. The Hall–Kier alpha value is -3.35. The van der Waals surface area contributed by atoms with Crippen LogP contribution >= 0.6 is 0 Å². The van der Waals surface area contributed by atoms with E-state index in [9.17, 15) is 13.2 Å². The molecule has 0 aromatic carbocycles. The molecule has 3 rings (SSSR count). The number of alkyl halides is 3. The summed E-state index contributed by atoms with van der Waals surface area (Å²) >= 11 is 0. The molecule has 1 fully saturated rings. The molecule has 7 heteroatoms. The fourth-order valence-corrected chi connectivity index (χ4v) is 4.05. The first kappa shape index (κ1) is 29.9. The van der Waals surface area contributed by atoms with E-state index in [0.29, 0.717) is 17.8 Å². The van der Waals surface area contributed by atoms with Gasteiger partial charge in [-0.25, -0.2) is 4.98 Å². The highest BCUT2D eigenvalue weighted by Gasteiger charge is 2.32. The number of aromatic nitrogens is 2. The molecule has 0 spiro atoms. The Morgan fingerprint density at radius 1 is 1.16 bits per heavy atom. The number of fused-ring (bicyclic) bond motifs is 1. The third-order valence-electron chi connectivity index (χ3n) is 6.29. The summed E-state index contributed by atoms with van der Waals surface area (Å²) < 4.78 is 40.2. The molecule has 37 heavy (non-hydrogen) atoms. The predicted molar refractivity (Wildman–Crippen MR) is 149 cm³/mol. The molecular formula is C30H39F3N4. The van der Waals surface area contributed by atoms with Crippen molar-refractivity contribution in [2.75, 3.05) is 19.3 Å². The van der Waals surface area contributed by atoms with Gasteiger partial charge in [-0.2, -0.15) is 13.2 Å². The van der Waals surface area contributed by atoms with E-state index in [1.54, 1.807) is 37.7 Å².